The summed E-state index contributed by atoms with van der Waals surface area (Å²) in [6.45, 7) is 1.39. The van der Waals surface area contributed by atoms with Crippen molar-refractivity contribution < 1.29 is 13.2 Å². The van der Waals surface area contributed by atoms with Gasteiger partial charge in [0.2, 0.25) is 0 Å². The minimum absolute atomic E-state index is 0.0375. The second kappa shape index (κ2) is 6.25. The second-order valence-corrected chi connectivity index (χ2v) is 6.76. The predicted octanol–water partition coefficient (Wildman–Crippen LogP) is 2.27. The SMILES string of the molecule is CC(=O)c1cccc(S(=O)(=O)Nc2ccc(-n3cncn3)cc2)c1. The third kappa shape index (κ3) is 3.33. The van der Waals surface area contributed by atoms with Gasteiger partial charge < -0.3 is 0 Å². The Balaban J connectivity index is 1.84. The Morgan fingerprint density at radius 3 is 2.50 bits per heavy atom. The quantitative estimate of drug-likeness (QED) is 0.718. The number of anilines is 1. The minimum Gasteiger partial charge on any atom is -0.295 e. The summed E-state index contributed by atoms with van der Waals surface area (Å²) in [6, 6.07) is 12.6. The molecule has 0 saturated carbocycles. The zero-order valence-electron chi connectivity index (χ0n) is 12.7. The molecule has 1 heterocycles. The van der Waals surface area contributed by atoms with Crippen molar-refractivity contribution in [3.63, 3.8) is 0 Å². The molecule has 0 unspecified atom stereocenters. The maximum absolute atomic E-state index is 12.4. The molecular weight excluding hydrogens is 328 g/mol. The average Bonchev–Trinajstić information content (AvgIpc) is 3.10. The number of Topliss-reactive ketones (excluding diaryl/α,β-unsaturated/α-hetero) is 1. The van der Waals surface area contributed by atoms with E-state index in [4.69, 9.17) is 0 Å². The summed E-state index contributed by atoms with van der Waals surface area (Å²) in [6.07, 6.45) is 2.96. The molecule has 0 amide bonds. The molecule has 7 nitrogen and oxygen atoms in total. The average molecular weight is 342 g/mol. The molecule has 24 heavy (non-hydrogen) atoms. The minimum atomic E-state index is -3.77. The summed E-state index contributed by atoms with van der Waals surface area (Å²) in [5, 5.41) is 4.00. The van der Waals surface area contributed by atoms with Gasteiger partial charge in [0.1, 0.15) is 12.7 Å². The van der Waals surface area contributed by atoms with E-state index in [1.807, 2.05) is 0 Å². The highest BCUT2D eigenvalue weighted by Crippen LogP contribution is 2.18. The number of hydrogen-bond donors (Lipinski definition) is 1. The first kappa shape index (κ1) is 15.9. The van der Waals surface area contributed by atoms with Crippen molar-refractivity contribution in [2.45, 2.75) is 11.8 Å². The molecule has 8 heteroatoms. The van der Waals surface area contributed by atoms with E-state index in [0.717, 1.165) is 5.69 Å². The summed E-state index contributed by atoms with van der Waals surface area (Å²) >= 11 is 0. The van der Waals surface area contributed by atoms with Crippen molar-refractivity contribution in [2.24, 2.45) is 0 Å². The Morgan fingerprint density at radius 2 is 1.88 bits per heavy atom. The van der Waals surface area contributed by atoms with E-state index in [1.54, 1.807) is 47.4 Å². The Morgan fingerprint density at radius 1 is 1.12 bits per heavy atom. The number of carbonyl (C=O) groups excluding carboxylic acids is 1. The first-order valence-corrected chi connectivity index (χ1v) is 8.53. The number of ketones is 1. The third-order valence-electron chi connectivity index (χ3n) is 3.35. The lowest BCUT2D eigenvalue weighted by Gasteiger charge is -2.09. The topological polar surface area (TPSA) is 94.0 Å². The third-order valence-corrected chi connectivity index (χ3v) is 4.73. The molecule has 0 radical (unpaired) electrons. The van der Waals surface area contributed by atoms with Gasteiger partial charge in [-0.1, -0.05) is 12.1 Å². The van der Waals surface area contributed by atoms with Gasteiger partial charge in [0.25, 0.3) is 10.0 Å². The standard InChI is InChI=1S/C16H14N4O3S/c1-12(21)13-3-2-4-16(9-13)24(22,23)19-14-5-7-15(8-6-14)20-11-17-10-18-20/h2-11,19H,1H3. The Hall–Kier alpha value is -3.00. The summed E-state index contributed by atoms with van der Waals surface area (Å²) < 4.78 is 28.9. The Kier molecular flexibility index (Phi) is 4.13. The van der Waals surface area contributed by atoms with Crippen LogP contribution in [0.1, 0.15) is 17.3 Å². The van der Waals surface area contributed by atoms with Gasteiger partial charge in [-0.25, -0.2) is 18.1 Å². The first-order valence-electron chi connectivity index (χ1n) is 7.04. The number of nitrogens with one attached hydrogen (secondary N) is 1. The Labute approximate surface area is 139 Å². The molecule has 1 aromatic heterocycles. The summed E-state index contributed by atoms with van der Waals surface area (Å²) in [5.74, 6) is -0.191. The summed E-state index contributed by atoms with van der Waals surface area (Å²) in [4.78, 5) is 15.3. The van der Waals surface area contributed by atoms with Crippen LogP contribution in [0.5, 0.6) is 0 Å². The van der Waals surface area contributed by atoms with Crippen LogP contribution in [-0.4, -0.2) is 29.0 Å². The monoisotopic (exact) mass is 342 g/mol. The molecule has 0 spiro atoms. The van der Waals surface area contributed by atoms with Crippen LogP contribution in [-0.2, 0) is 10.0 Å². The van der Waals surface area contributed by atoms with Crippen LogP contribution < -0.4 is 4.72 Å². The van der Waals surface area contributed by atoms with Crippen LogP contribution in [0.2, 0.25) is 0 Å². The number of carbonyl (C=O) groups is 1. The molecule has 1 N–H and O–H groups in total. The van der Waals surface area contributed by atoms with E-state index in [9.17, 15) is 13.2 Å². The van der Waals surface area contributed by atoms with Gasteiger partial charge in [-0.2, -0.15) is 5.10 Å². The molecule has 0 bridgehead atoms. The maximum atomic E-state index is 12.4. The predicted molar refractivity (Wildman–Crippen MR) is 88.6 cm³/mol. The molecule has 0 aliphatic heterocycles. The molecule has 0 atom stereocenters. The van der Waals surface area contributed by atoms with Gasteiger partial charge >= 0.3 is 0 Å². The molecule has 0 aliphatic rings. The molecule has 2 aromatic carbocycles. The van der Waals surface area contributed by atoms with Crippen molar-refractivity contribution in [1.29, 1.82) is 0 Å². The molecule has 0 aliphatic carbocycles. The van der Waals surface area contributed by atoms with Crippen LogP contribution in [0.15, 0.2) is 66.1 Å². The van der Waals surface area contributed by atoms with Crippen LogP contribution in [0.25, 0.3) is 5.69 Å². The number of hydrogen-bond acceptors (Lipinski definition) is 5. The number of nitrogens with zero attached hydrogens (tertiary/aromatic N) is 3. The van der Waals surface area contributed by atoms with Gasteiger partial charge in [-0.3, -0.25) is 9.52 Å². The van der Waals surface area contributed by atoms with Crippen molar-refractivity contribution in [2.75, 3.05) is 4.72 Å². The van der Waals surface area contributed by atoms with Crippen LogP contribution in [0.3, 0.4) is 0 Å². The van der Waals surface area contributed by atoms with Gasteiger partial charge in [-0.15, -0.1) is 0 Å². The fraction of sp³-hybridized carbons (Fsp3) is 0.0625. The first-order chi connectivity index (χ1) is 11.5. The highest BCUT2D eigenvalue weighted by Gasteiger charge is 2.15. The number of benzene rings is 2. The van der Waals surface area contributed by atoms with Crippen LogP contribution >= 0.6 is 0 Å². The number of rotatable bonds is 5. The van der Waals surface area contributed by atoms with E-state index < -0.39 is 10.0 Å². The van der Waals surface area contributed by atoms with E-state index in [-0.39, 0.29) is 10.7 Å². The van der Waals surface area contributed by atoms with E-state index in [2.05, 4.69) is 14.8 Å². The second-order valence-electron chi connectivity index (χ2n) is 5.08. The van der Waals surface area contributed by atoms with Crippen molar-refractivity contribution in [3.8, 4) is 5.69 Å². The maximum Gasteiger partial charge on any atom is 0.261 e. The molecule has 0 saturated heterocycles. The molecular formula is C16H14N4O3S. The largest absolute Gasteiger partial charge is 0.295 e. The van der Waals surface area contributed by atoms with Gasteiger partial charge in [0.05, 0.1) is 10.6 Å². The van der Waals surface area contributed by atoms with E-state index in [1.165, 1.54) is 25.4 Å². The van der Waals surface area contributed by atoms with Crippen molar-refractivity contribution in [1.82, 2.24) is 14.8 Å². The lowest BCUT2D eigenvalue weighted by Crippen LogP contribution is -2.13. The molecule has 3 rings (SSSR count). The fourth-order valence-electron chi connectivity index (χ4n) is 2.12. The number of aromatic nitrogens is 3. The highest BCUT2D eigenvalue weighted by atomic mass is 32.2. The molecule has 3 aromatic rings. The van der Waals surface area contributed by atoms with Crippen LogP contribution in [0, 0.1) is 0 Å². The lowest BCUT2D eigenvalue weighted by molar-refractivity contribution is 0.101. The summed E-state index contributed by atoms with van der Waals surface area (Å²) in [5.41, 5.74) is 1.51. The van der Waals surface area contributed by atoms with Gasteiger partial charge in [-0.05, 0) is 43.3 Å². The van der Waals surface area contributed by atoms with E-state index >= 15 is 0 Å². The molecule has 0 fully saturated rings. The molecule has 122 valence electrons. The number of sulfonamides is 1. The zero-order chi connectivity index (χ0) is 17.2. The Bertz CT molecular complexity index is 965. The zero-order valence-corrected chi connectivity index (χ0v) is 13.6. The van der Waals surface area contributed by atoms with Crippen molar-refractivity contribution >= 4 is 21.5 Å². The van der Waals surface area contributed by atoms with E-state index in [0.29, 0.717) is 11.3 Å². The highest BCUT2D eigenvalue weighted by molar-refractivity contribution is 7.92. The van der Waals surface area contributed by atoms with Gasteiger partial charge in [0.15, 0.2) is 5.78 Å². The van der Waals surface area contributed by atoms with Crippen LogP contribution in [0.4, 0.5) is 5.69 Å². The fourth-order valence-corrected chi connectivity index (χ4v) is 3.22. The normalized spacial score (nSPS) is 11.2. The smallest absolute Gasteiger partial charge is 0.261 e. The summed E-state index contributed by atoms with van der Waals surface area (Å²) in [7, 11) is -3.77. The lowest BCUT2D eigenvalue weighted by atomic mass is 10.2. The van der Waals surface area contributed by atoms with Gasteiger partial charge in [0, 0.05) is 11.3 Å². The van der Waals surface area contributed by atoms with Crippen molar-refractivity contribution in [3.05, 3.63) is 66.7 Å².